The first-order valence-corrected chi connectivity index (χ1v) is 6.43. The summed E-state index contributed by atoms with van der Waals surface area (Å²) < 4.78 is 4.19. The molecule has 0 bridgehead atoms. The van der Waals surface area contributed by atoms with Gasteiger partial charge in [0.05, 0.1) is 25.4 Å². The summed E-state index contributed by atoms with van der Waals surface area (Å²) in [5.41, 5.74) is -5.50. The maximum absolute atomic E-state index is 11.7. The van der Waals surface area contributed by atoms with Gasteiger partial charge < -0.3 is 35.4 Å². The Bertz CT molecular complexity index is 338. The van der Waals surface area contributed by atoms with Crippen LogP contribution in [0.4, 0.5) is 0 Å². The number of aliphatic hydroxyl groups is 6. The van der Waals surface area contributed by atoms with Gasteiger partial charge in [-0.05, 0) is 12.8 Å². The number of carbonyl (C=O) groups is 2. The molecule has 0 saturated heterocycles. The minimum atomic E-state index is -2.75. The SMILES string of the molecule is CCC(O)C(O)(CO)C(=O)OC(=O)C(O)(CO)C(O)CC. The van der Waals surface area contributed by atoms with Crippen LogP contribution < -0.4 is 0 Å². The zero-order chi connectivity index (χ0) is 16.8. The topological polar surface area (TPSA) is 165 Å². The van der Waals surface area contributed by atoms with E-state index < -0.39 is 48.6 Å². The molecule has 0 aromatic rings. The predicted octanol–water partition coefficient (Wildman–Crippen LogP) is -2.96. The Hall–Kier alpha value is -1.10. The summed E-state index contributed by atoms with van der Waals surface area (Å²) in [7, 11) is 0. The number of aliphatic hydroxyl groups excluding tert-OH is 4. The molecule has 0 rings (SSSR count). The molecule has 124 valence electrons. The Balaban J connectivity index is 5.19. The zero-order valence-corrected chi connectivity index (χ0v) is 11.9. The highest BCUT2D eigenvalue weighted by atomic mass is 16.6. The summed E-state index contributed by atoms with van der Waals surface area (Å²) in [6.45, 7) is 0.376. The number of hydrogen-bond donors (Lipinski definition) is 6. The fourth-order valence-corrected chi connectivity index (χ4v) is 1.55. The molecule has 0 fully saturated rings. The van der Waals surface area contributed by atoms with E-state index in [0.717, 1.165) is 0 Å². The first-order chi connectivity index (χ1) is 9.63. The molecule has 9 nitrogen and oxygen atoms in total. The molecule has 4 atom stereocenters. The Morgan fingerprint density at radius 1 is 0.905 bits per heavy atom. The average Bonchev–Trinajstić information content (AvgIpc) is 2.50. The quantitative estimate of drug-likeness (QED) is 0.203. The number of ether oxygens (including phenoxy) is 1. The third kappa shape index (κ3) is 3.96. The molecule has 6 N–H and O–H groups in total. The molecular weight excluding hydrogens is 288 g/mol. The first kappa shape index (κ1) is 19.9. The molecule has 0 radical (unpaired) electrons. The van der Waals surface area contributed by atoms with Crippen molar-refractivity contribution in [2.45, 2.75) is 50.1 Å². The molecule has 0 aliphatic carbocycles. The number of esters is 2. The summed E-state index contributed by atoms with van der Waals surface area (Å²) in [4.78, 5) is 23.4. The van der Waals surface area contributed by atoms with E-state index in [0.29, 0.717) is 0 Å². The van der Waals surface area contributed by atoms with Gasteiger partial charge in [0.25, 0.3) is 0 Å². The molecular formula is C12H22O9. The fourth-order valence-electron chi connectivity index (χ4n) is 1.55. The molecule has 0 spiro atoms. The van der Waals surface area contributed by atoms with Crippen molar-refractivity contribution in [3.05, 3.63) is 0 Å². The highest BCUT2D eigenvalue weighted by molar-refractivity contribution is 5.94. The van der Waals surface area contributed by atoms with Gasteiger partial charge >= 0.3 is 11.9 Å². The Labute approximate surface area is 121 Å². The van der Waals surface area contributed by atoms with Crippen LogP contribution in [0, 0.1) is 0 Å². The Kier molecular flexibility index (Phi) is 7.37. The molecule has 0 aliphatic heterocycles. The number of hydrogen-bond acceptors (Lipinski definition) is 9. The maximum Gasteiger partial charge on any atom is 0.351 e. The van der Waals surface area contributed by atoms with Crippen molar-refractivity contribution in [2.75, 3.05) is 13.2 Å². The van der Waals surface area contributed by atoms with Crippen LogP contribution in [0.15, 0.2) is 0 Å². The van der Waals surface area contributed by atoms with Gasteiger partial charge in [0.2, 0.25) is 11.2 Å². The molecule has 0 aromatic heterocycles. The lowest BCUT2D eigenvalue weighted by Gasteiger charge is -2.31. The van der Waals surface area contributed by atoms with Crippen molar-refractivity contribution in [3.63, 3.8) is 0 Å². The van der Waals surface area contributed by atoms with Gasteiger partial charge in [-0.2, -0.15) is 0 Å². The van der Waals surface area contributed by atoms with Gasteiger partial charge in [0.15, 0.2) is 0 Å². The minimum Gasteiger partial charge on any atom is -0.393 e. The van der Waals surface area contributed by atoms with Crippen molar-refractivity contribution in [1.82, 2.24) is 0 Å². The smallest absolute Gasteiger partial charge is 0.351 e. The predicted molar refractivity (Wildman–Crippen MR) is 67.8 cm³/mol. The summed E-state index contributed by atoms with van der Waals surface area (Å²) in [5.74, 6) is -3.39. The zero-order valence-electron chi connectivity index (χ0n) is 11.9. The van der Waals surface area contributed by atoms with Gasteiger partial charge in [-0.3, -0.25) is 0 Å². The summed E-state index contributed by atoms with van der Waals surface area (Å²) in [6.07, 6.45) is -3.66. The van der Waals surface area contributed by atoms with Gasteiger partial charge in [-0.25, -0.2) is 9.59 Å². The normalized spacial score (nSPS) is 20.0. The molecule has 21 heavy (non-hydrogen) atoms. The monoisotopic (exact) mass is 310 g/mol. The van der Waals surface area contributed by atoms with E-state index in [4.69, 9.17) is 10.2 Å². The number of carbonyl (C=O) groups excluding carboxylic acids is 2. The number of rotatable bonds is 8. The largest absolute Gasteiger partial charge is 0.393 e. The van der Waals surface area contributed by atoms with E-state index in [1.54, 1.807) is 0 Å². The van der Waals surface area contributed by atoms with Crippen LogP contribution in [-0.4, -0.2) is 79.2 Å². The third-order valence-electron chi connectivity index (χ3n) is 3.25. The van der Waals surface area contributed by atoms with Gasteiger partial charge in [-0.15, -0.1) is 0 Å². The van der Waals surface area contributed by atoms with Crippen LogP contribution in [0.2, 0.25) is 0 Å². The fraction of sp³-hybridized carbons (Fsp3) is 0.833. The van der Waals surface area contributed by atoms with E-state index in [-0.39, 0.29) is 12.8 Å². The molecule has 0 aliphatic rings. The molecule has 9 heteroatoms. The Morgan fingerprint density at radius 3 is 1.38 bits per heavy atom. The van der Waals surface area contributed by atoms with Crippen molar-refractivity contribution in [3.8, 4) is 0 Å². The van der Waals surface area contributed by atoms with Gasteiger partial charge in [0, 0.05) is 0 Å². The van der Waals surface area contributed by atoms with Crippen LogP contribution in [0.25, 0.3) is 0 Å². The van der Waals surface area contributed by atoms with Crippen LogP contribution in [0.3, 0.4) is 0 Å². The standard InChI is InChI=1S/C12H22O9/c1-3-7(15)11(19,5-13)9(17)21-10(18)12(20,6-14)8(16)4-2/h7-8,13-16,19-20H,3-6H2,1-2H3. The molecule has 0 saturated carbocycles. The summed E-state index contributed by atoms with van der Waals surface area (Å²) in [5, 5.41) is 56.6. The van der Waals surface area contributed by atoms with Crippen molar-refractivity contribution in [2.24, 2.45) is 0 Å². The van der Waals surface area contributed by atoms with E-state index >= 15 is 0 Å². The lowest BCUT2D eigenvalue weighted by Crippen LogP contribution is -2.58. The highest BCUT2D eigenvalue weighted by Gasteiger charge is 2.50. The summed E-state index contributed by atoms with van der Waals surface area (Å²) >= 11 is 0. The van der Waals surface area contributed by atoms with E-state index in [1.165, 1.54) is 13.8 Å². The molecule has 0 heterocycles. The second kappa shape index (κ2) is 7.78. The Morgan fingerprint density at radius 2 is 1.19 bits per heavy atom. The first-order valence-electron chi connectivity index (χ1n) is 6.43. The van der Waals surface area contributed by atoms with Crippen molar-refractivity contribution < 1.29 is 45.0 Å². The molecule has 0 aromatic carbocycles. The summed E-state index contributed by atoms with van der Waals surface area (Å²) in [6, 6.07) is 0. The van der Waals surface area contributed by atoms with Gasteiger partial charge in [0.1, 0.15) is 0 Å². The minimum absolute atomic E-state index is 0.123. The third-order valence-corrected chi connectivity index (χ3v) is 3.25. The van der Waals surface area contributed by atoms with E-state index in [9.17, 15) is 30.0 Å². The van der Waals surface area contributed by atoms with Crippen LogP contribution in [0.1, 0.15) is 26.7 Å². The lowest BCUT2D eigenvalue weighted by molar-refractivity contribution is -0.204. The van der Waals surface area contributed by atoms with E-state index in [1.807, 2.05) is 0 Å². The van der Waals surface area contributed by atoms with Crippen LogP contribution in [-0.2, 0) is 14.3 Å². The molecule has 4 unspecified atom stereocenters. The van der Waals surface area contributed by atoms with Crippen LogP contribution in [0.5, 0.6) is 0 Å². The maximum atomic E-state index is 11.7. The molecule has 0 amide bonds. The average molecular weight is 310 g/mol. The second-order valence-electron chi connectivity index (χ2n) is 4.69. The van der Waals surface area contributed by atoms with E-state index in [2.05, 4.69) is 4.74 Å². The second-order valence-corrected chi connectivity index (χ2v) is 4.69. The lowest BCUT2D eigenvalue weighted by atomic mass is 9.94. The highest BCUT2D eigenvalue weighted by Crippen LogP contribution is 2.20. The van der Waals surface area contributed by atoms with Gasteiger partial charge in [-0.1, -0.05) is 13.8 Å². The van der Waals surface area contributed by atoms with Crippen LogP contribution >= 0.6 is 0 Å². The van der Waals surface area contributed by atoms with Crippen molar-refractivity contribution in [1.29, 1.82) is 0 Å². The van der Waals surface area contributed by atoms with Crippen molar-refractivity contribution >= 4 is 11.9 Å².